The molecule has 0 heterocycles. The van der Waals surface area contributed by atoms with Crippen molar-refractivity contribution in [3.63, 3.8) is 0 Å². The second-order valence-electron chi connectivity index (χ2n) is 9.62. The van der Waals surface area contributed by atoms with E-state index in [1.165, 1.54) is 19.3 Å². The second-order valence-corrected chi connectivity index (χ2v) is 9.62. The first kappa shape index (κ1) is 20.2. The Bertz CT molecular complexity index is 701. The fourth-order valence-electron chi connectivity index (χ4n) is 6.04. The maximum absolute atomic E-state index is 12.6. The Morgan fingerprint density at radius 2 is 1.69 bits per heavy atom. The molecule has 0 radical (unpaired) electrons. The number of carbonyl (C=O) groups excluding carboxylic acids is 2. The lowest BCUT2D eigenvalue weighted by Gasteiger charge is -2.56. The molecule has 158 valence electrons. The van der Waals surface area contributed by atoms with Crippen molar-refractivity contribution in [1.82, 2.24) is 10.6 Å². The van der Waals surface area contributed by atoms with Gasteiger partial charge in [-0.05, 0) is 75.3 Å². The molecule has 3 amide bonds. The summed E-state index contributed by atoms with van der Waals surface area (Å²) in [6.07, 6.45) is 7.24. The summed E-state index contributed by atoms with van der Waals surface area (Å²) in [6.45, 7) is 3.05. The van der Waals surface area contributed by atoms with E-state index in [4.69, 9.17) is 4.74 Å². The Morgan fingerprint density at radius 3 is 2.28 bits per heavy atom. The first-order valence-corrected chi connectivity index (χ1v) is 11.1. The molecule has 3 N–H and O–H groups in total. The molecule has 4 bridgehead atoms. The third-order valence-electron chi connectivity index (χ3n) is 7.29. The minimum absolute atomic E-state index is 0.0787. The van der Waals surface area contributed by atoms with Gasteiger partial charge in [-0.1, -0.05) is 18.2 Å². The van der Waals surface area contributed by atoms with E-state index in [2.05, 4.69) is 10.6 Å². The maximum Gasteiger partial charge on any atom is 0.322 e. The molecule has 4 fully saturated rings. The smallest absolute Gasteiger partial charge is 0.322 e. The highest BCUT2D eigenvalue weighted by atomic mass is 16.5. The molecule has 1 unspecified atom stereocenters. The average molecular weight is 401 g/mol. The molecule has 4 saturated carbocycles. The fourth-order valence-corrected chi connectivity index (χ4v) is 6.04. The molecule has 0 aliphatic heterocycles. The van der Waals surface area contributed by atoms with Crippen molar-refractivity contribution in [3.05, 3.63) is 30.3 Å². The number of benzene rings is 1. The van der Waals surface area contributed by atoms with Gasteiger partial charge in [0.25, 0.3) is 5.91 Å². The number of nitrogens with one attached hydrogen (secondary N) is 3. The van der Waals surface area contributed by atoms with Gasteiger partial charge in [-0.25, -0.2) is 4.79 Å². The van der Waals surface area contributed by atoms with Gasteiger partial charge in [0.2, 0.25) is 0 Å². The van der Waals surface area contributed by atoms with E-state index >= 15 is 0 Å². The Labute approximate surface area is 173 Å². The number of imide groups is 1. The number of hydrogen-bond acceptors (Lipinski definition) is 3. The van der Waals surface area contributed by atoms with Crippen LogP contribution in [-0.4, -0.2) is 43.7 Å². The number of rotatable bonds is 7. The van der Waals surface area contributed by atoms with Crippen LogP contribution in [0.3, 0.4) is 0 Å². The molecule has 4 aliphatic rings. The molecule has 0 saturated heterocycles. The third-order valence-corrected chi connectivity index (χ3v) is 7.29. The van der Waals surface area contributed by atoms with E-state index < -0.39 is 0 Å². The average Bonchev–Trinajstić information content (AvgIpc) is 2.66. The monoisotopic (exact) mass is 400 g/mol. The predicted octanol–water partition coefficient (Wildman–Crippen LogP) is 1.76. The van der Waals surface area contributed by atoms with Crippen LogP contribution in [0.15, 0.2) is 30.3 Å². The number of carbonyl (C=O) groups is 2. The second kappa shape index (κ2) is 8.34. The Morgan fingerprint density at radius 1 is 1.10 bits per heavy atom. The summed E-state index contributed by atoms with van der Waals surface area (Å²) < 4.78 is 5.71. The highest BCUT2D eigenvalue weighted by molar-refractivity contribution is 5.96. The van der Waals surface area contributed by atoms with Crippen LogP contribution in [0.1, 0.15) is 45.4 Å². The zero-order chi connectivity index (χ0) is 20.4. The SMILES string of the molecule is C[C@H](C(=O)NC(=O)NC12CC3CC(CC(C3)C1)C2)[NH+](C)CCOc1ccccc1. The van der Waals surface area contributed by atoms with Crippen LogP contribution in [0.4, 0.5) is 4.79 Å². The van der Waals surface area contributed by atoms with Gasteiger partial charge in [0.1, 0.15) is 18.9 Å². The molecular weight excluding hydrogens is 366 g/mol. The van der Waals surface area contributed by atoms with Crippen molar-refractivity contribution >= 4 is 11.9 Å². The van der Waals surface area contributed by atoms with Crippen molar-refractivity contribution in [3.8, 4) is 5.75 Å². The van der Waals surface area contributed by atoms with E-state index in [9.17, 15) is 9.59 Å². The van der Waals surface area contributed by atoms with Crippen LogP contribution in [0, 0.1) is 17.8 Å². The van der Waals surface area contributed by atoms with Gasteiger partial charge in [0, 0.05) is 5.54 Å². The number of hydrogen-bond donors (Lipinski definition) is 3. The van der Waals surface area contributed by atoms with Gasteiger partial charge in [-0.15, -0.1) is 0 Å². The summed E-state index contributed by atoms with van der Waals surface area (Å²) in [5, 5.41) is 5.80. The molecule has 4 aliphatic carbocycles. The minimum atomic E-state index is -0.323. The van der Waals surface area contributed by atoms with Gasteiger partial charge in [0.15, 0.2) is 6.04 Å². The van der Waals surface area contributed by atoms with Crippen LogP contribution in [0.2, 0.25) is 0 Å². The van der Waals surface area contributed by atoms with Gasteiger partial charge < -0.3 is 15.0 Å². The zero-order valence-electron chi connectivity index (χ0n) is 17.6. The Balaban J connectivity index is 1.22. The van der Waals surface area contributed by atoms with E-state index in [-0.39, 0.29) is 23.5 Å². The van der Waals surface area contributed by atoms with Crippen molar-refractivity contribution in [2.75, 3.05) is 20.2 Å². The molecule has 5 rings (SSSR count). The van der Waals surface area contributed by atoms with Crippen molar-refractivity contribution in [1.29, 1.82) is 0 Å². The standard InChI is InChI=1S/C23H33N3O3/c1-16(26(2)8-9-29-20-6-4-3-5-7-20)21(27)24-22(28)25-23-13-17-10-18(14-23)12-19(11-17)15-23/h3-7,16-19H,8-15H2,1-2H3,(H2,24,25,27,28)/p+1/t16-,17?,18?,19?,23?/m1/s1. The molecule has 1 aromatic rings. The van der Waals surface area contributed by atoms with E-state index in [1.54, 1.807) is 0 Å². The zero-order valence-corrected chi connectivity index (χ0v) is 17.6. The number of amides is 3. The molecule has 6 nitrogen and oxygen atoms in total. The molecule has 2 atom stereocenters. The van der Waals surface area contributed by atoms with Crippen LogP contribution in [0.5, 0.6) is 5.75 Å². The first-order valence-electron chi connectivity index (χ1n) is 11.1. The summed E-state index contributed by atoms with van der Waals surface area (Å²) in [5.41, 5.74) is -0.0787. The van der Waals surface area contributed by atoms with E-state index in [0.29, 0.717) is 13.2 Å². The molecule has 6 heteroatoms. The lowest BCUT2D eigenvalue weighted by atomic mass is 9.53. The lowest BCUT2D eigenvalue weighted by Crippen LogP contribution is -3.14. The first-order chi connectivity index (χ1) is 13.9. The van der Waals surface area contributed by atoms with E-state index in [1.807, 2.05) is 44.3 Å². The number of urea groups is 1. The summed E-state index contributed by atoms with van der Waals surface area (Å²) in [5.74, 6) is 2.88. The van der Waals surface area contributed by atoms with Crippen LogP contribution < -0.4 is 20.3 Å². The highest BCUT2D eigenvalue weighted by Gasteiger charge is 2.51. The van der Waals surface area contributed by atoms with Gasteiger partial charge >= 0.3 is 6.03 Å². The lowest BCUT2D eigenvalue weighted by molar-refractivity contribution is -0.894. The van der Waals surface area contributed by atoms with Gasteiger partial charge in [0.05, 0.1) is 7.05 Å². The van der Waals surface area contributed by atoms with Crippen molar-refractivity contribution in [2.45, 2.75) is 57.0 Å². The molecule has 1 aromatic carbocycles. The Hall–Kier alpha value is -2.08. The molecule has 0 aromatic heterocycles. The molecule has 29 heavy (non-hydrogen) atoms. The summed E-state index contributed by atoms with van der Waals surface area (Å²) in [7, 11) is 1.95. The molecular formula is C23H34N3O3+. The fraction of sp³-hybridized carbons (Fsp3) is 0.652. The molecule has 0 spiro atoms. The van der Waals surface area contributed by atoms with Crippen LogP contribution in [0.25, 0.3) is 0 Å². The maximum atomic E-state index is 12.6. The summed E-state index contributed by atoms with van der Waals surface area (Å²) >= 11 is 0. The van der Waals surface area contributed by atoms with E-state index in [0.717, 1.165) is 47.7 Å². The van der Waals surface area contributed by atoms with Gasteiger partial charge in [-0.2, -0.15) is 0 Å². The van der Waals surface area contributed by atoms with Crippen molar-refractivity contribution in [2.24, 2.45) is 17.8 Å². The van der Waals surface area contributed by atoms with Gasteiger partial charge in [-0.3, -0.25) is 10.1 Å². The Kier molecular flexibility index (Phi) is 5.81. The number of para-hydroxylation sites is 1. The number of ether oxygens (including phenoxy) is 1. The minimum Gasteiger partial charge on any atom is -0.488 e. The summed E-state index contributed by atoms with van der Waals surface area (Å²) in [6, 6.07) is 9.01. The number of quaternary nitrogens is 1. The quantitative estimate of drug-likeness (QED) is 0.653. The van der Waals surface area contributed by atoms with Crippen LogP contribution in [-0.2, 0) is 4.79 Å². The normalized spacial score (nSPS) is 31.7. The predicted molar refractivity (Wildman–Crippen MR) is 111 cm³/mol. The highest BCUT2D eigenvalue weighted by Crippen LogP contribution is 2.55. The topological polar surface area (TPSA) is 71.9 Å². The third kappa shape index (κ3) is 4.74. The number of likely N-dealkylation sites (N-methyl/N-ethyl adjacent to an activating group) is 1. The summed E-state index contributed by atoms with van der Waals surface area (Å²) in [4.78, 5) is 26.2. The van der Waals surface area contributed by atoms with Crippen LogP contribution >= 0.6 is 0 Å². The largest absolute Gasteiger partial charge is 0.488 e. The van der Waals surface area contributed by atoms with Crippen molar-refractivity contribution < 1.29 is 19.2 Å².